The van der Waals surface area contributed by atoms with E-state index >= 15 is 0 Å². The third-order valence-electron chi connectivity index (χ3n) is 6.10. The van der Waals surface area contributed by atoms with Crippen LogP contribution in [0.25, 0.3) is 0 Å². The van der Waals surface area contributed by atoms with Crippen molar-refractivity contribution in [3.8, 4) is 0 Å². The molecular weight excluding hydrogens is 404 g/mol. The van der Waals surface area contributed by atoms with Crippen molar-refractivity contribution in [2.75, 3.05) is 19.6 Å². The molecule has 1 aromatic carbocycles. The minimum Gasteiger partial charge on any atom is -0.355 e. The van der Waals surface area contributed by atoms with Gasteiger partial charge in [0.25, 0.3) is 10.0 Å². The molecule has 30 heavy (non-hydrogen) atoms. The third-order valence-corrected chi connectivity index (χ3v) is 7.42. The van der Waals surface area contributed by atoms with E-state index in [4.69, 9.17) is 0 Å². The standard InChI is InChI=1S/C21H28N4O4S/c26-19(23-16-8-2-1-3-9-16)13-22-21(27)15-7-6-12-25(14-15)20-17-10-4-5-11-18(17)30(28,29)24-20/h4-5,10-11,15-16H,1-3,6-9,12-14H2,(H,22,27)(H,23,26). The first-order valence-corrected chi connectivity index (χ1v) is 12.1. The van der Waals surface area contributed by atoms with E-state index in [1.165, 1.54) is 6.42 Å². The largest absolute Gasteiger partial charge is 0.355 e. The number of fused-ring (bicyclic) bond motifs is 1. The van der Waals surface area contributed by atoms with Gasteiger partial charge in [-0.2, -0.15) is 8.42 Å². The number of amidine groups is 1. The molecule has 1 unspecified atom stereocenters. The molecule has 0 spiro atoms. The maximum atomic E-state index is 12.7. The zero-order chi connectivity index (χ0) is 21.1. The lowest BCUT2D eigenvalue weighted by Gasteiger charge is -2.33. The van der Waals surface area contributed by atoms with Gasteiger partial charge in [-0.25, -0.2) is 0 Å². The summed E-state index contributed by atoms with van der Waals surface area (Å²) >= 11 is 0. The Morgan fingerprint density at radius 1 is 1.07 bits per heavy atom. The Kier molecular flexibility index (Phi) is 6.08. The first kappa shape index (κ1) is 20.8. The molecule has 0 bridgehead atoms. The van der Waals surface area contributed by atoms with Crippen LogP contribution in [0.4, 0.5) is 0 Å². The van der Waals surface area contributed by atoms with Crippen LogP contribution in [0, 0.1) is 5.92 Å². The smallest absolute Gasteiger partial charge is 0.285 e. The molecule has 2 amide bonds. The van der Waals surface area contributed by atoms with E-state index in [0.29, 0.717) is 30.9 Å². The highest BCUT2D eigenvalue weighted by atomic mass is 32.2. The summed E-state index contributed by atoms with van der Waals surface area (Å²) in [6.45, 7) is 1.01. The number of carbonyl (C=O) groups is 2. The summed E-state index contributed by atoms with van der Waals surface area (Å²) in [5, 5.41) is 5.75. The van der Waals surface area contributed by atoms with E-state index in [2.05, 4.69) is 15.0 Å². The van der Waals surface area contributed by atoms with E-state index in [1.807, 2.05) is 4.90 Å². The van der Waals surface area contributed by atoms with Crippen molar-refractivity contribution in [1.29, 1.82) is 0 Å². The van der Waals surface area contributed by atoms with Crippen LogP contribution in [0.2, 0.25) is 0 Å². The zero-order valence-electron chi connectivity index (χ0n) is 17.0. The number of nitrogens with zero attached hydrogens (tertiary/aromatic N) is 2. The summed E-state index contributed by atoms with van der Waals surface area (Å²) < 4.78 is 28.6. The summed E-state index contributed by atoms with van der Waals surface area (Å²) in [4.78, 5) is 26.9. The maximum Gasteiger partial charge on any atom is 0.285 e. The molecule has 1 aliphatic carbocycles. The van der Waals surface area contributed by atoms with Crippen LogP contribution in [-0.4, -0.2) is 56.6 Å². The highest BCUT2D eigenvalue weighted by Gasteiger charge is 2.35. The lowest BCUT2D eigenvalue weighted by Crippen LogP contribution is -2.48. The lowest BCUT2D eigenvalue weighted by atomic mass is 9.95. The Morgan fingerprint density at radius 3 is 2.63 bits per heavy atom. The minimum absolute atomic E-state index is 0.0238. The number of nitrogens with one attached hydrogen (secondary N) is 2. The predicted octanol–water partition coefficient (Wildman–Crippen LogP) is 1.41. The molecule has 1 saturated carbocycles. The van der Waals surface area contributed by atoms with E-state index in [9.17, 15) is 18.0 Å². The summed E-state index contributed by atoms with van der Waals surface area (Å²) in [5.74, 6) is -0.214. The highest BCUT2D eigenvalue weighted by Crippen LogP contribution is 2.29. The number of amides is 2. The number of likely N-dealkylation sites (tertiary alicyclic amines) is 1. The minimum atomic E-state index is -3.68. The Labute approximate surface area is 177 Å². The van der Waals surface area contributed by atoms with Crippen molar-refractivity contribution < 1.29 is 18.0 Å². The molecule has 0 aromatic heterocycles. The molecule has 2 aliphatic heterocycles. The molecule has 1 aromatic rings. The second-order valence-corrected chi connectivity index (χ2v) is 9.86. The molecular formula is C21H28N4O4S. The fraction of sp³-hybridized carbons (Fsp3) is 0.571. The first-order valence-electron chi connectivity index (χ1n) is 10.7. The number of sulfonamides is 1. The Balaban J connectivity index is 1.34. The monoisotopic (exact) mass is 432 g/mol. The van der Waals surface area contributed by atoms with E-state index in [0.717, 1.165) is 32.1 Å². The van der Waals surface area contributed by atoms with Gasteiger partial charge in [-0.1, -0.05) is 31.4 Å². The van der Waals surface area contributed by atoms with Crippen molar-refractivity contribution in [3.63, 3.8) is 0 Å². The lowest BCUT2D eigenvalue weighted by molar-refractivity contribution is -0.129. The van der Waals surface area contributed by atoms with E-state index < -0.39 is 10.0 Å². The fourth-order valence-electron chi connectivity index (χ4n) is 4.54. The van der Waals surface area contributed by atoms with Crippen molar-refractivity contribution >= 4 is 27.7 Å². The number of hydrogen-bond donors (Lipinski definition) is 2. The average molecular weight is 433 g/mol. The summed E-state index contributed by atoms with van der Waals surface area (Å²) in [6.07, 6.45) is 6.96. The molecule has 2 heterocycles. The summed E-state index contributed by atoms with van der Waals surface area (Å²) in [7, 11) is -3.68. The van der Waals surface area contributed by atoms with Crippen molar-refractivity contribution in [1.82, 2.24) is 15.5 Å². The predicted molar refractivity (Wildman–Crippen MR) is 112 cm³/mol. The van der Waals surface area contributed by atoms with Crippen LogP contribution in [0.5, 0.6) is 0 Å². The molecule has 2 N–H and O–H groups in total. The number of piperidine rings is 1. The molecule has 8 nitrogen and oxygen atoms in total. The van der Waals surface area contributed by atoms with Gasteiger partial charge in [0.05, 0.1) is 12.5 Å². The highest BCUT2D eigenvalue weighted by molar-refractivity contribution is 7.90. The van der Waals surface area contributed by atoms with Crippen molar-refractivity contribution in [2.45, 2.75) is 55.9 Å². The Bertz CT molecular complexity index is 954. The Morgan fingerprint density at radius 2 is 1.83 bits per heavy atom. The average Bonchev–Trinajstić information content (AvgIpc) is 3.04. The van der Waals surface area contributed by atoms with Gasteiger partial charge in [0.15, 0.2) is 5.84 Å². The second-order valence-electron chi connectivity index (χ2n) is 8.29. The molecule has 162 valence electrons. The molecule has 2 fully saturated rings. The number of carbonyl (C=O) groups excluding carboxylic acids is 2. The fourth-order valence-corrected chi connectivity index (χ4v) is 5.77. The number of hydrogen-bond acceptors (Lipinski definition) is 5. The Hall–Kier alpha value is -2.42. The van der Waals surface area contributed by atoms with Gasteiger partial charge >= 0.3 is 0 Å². The van der Waals surface area contributed by atoms with Crippen molar-refractivity contribution in [2.24, 2.45) is 10.3 Å². The van der Waals surface area contributed by atoms with Gasteiger partial charge in [0, 0.05) is 24.7 Å². The third kappa shape index (κ3) is 4.50. The topological polar surface area (TPSA) is 108 Å². The molecule has 9 heteroatoms. The SMILES string of the molecule is O=C(CNC(=O)C1CCCN(C2=NS(=O)(=O)c3ccccc32)C1)NC1CCCCC1. The summed E-state index contributed by atoms with van der Waals surface area (Å²) in [6, 6.07) is 6.99. The maximum absolute atomic E-state index is 12.7. The van der Waals surface area contributed by atoms with Crippen molar-refractivity contribution in [3.05, 3.63) is 29.8 Å². The van der Waals surface area contributed by atoms with Gasteiger partial charge in [0.2, 0.25) is 11.8 Å². The van der Waals surface area contributed by atoms with Gasteiger partial charge in [-0.15, -0.1) is 4.40 Å². The zero-order valence-corrected chi connectivity index (χ0v) is 17.8. The first-order chi connectivity index (χ1) is 14.4. The van der Waals surface area contributed by atoms with Crippen LogP contribution in [0.15, 0.2) is 33.6 Å². The van der Waals surface area contributed by atoms with Gasteiger partial charge in [-0.05, 0) is 37.8 Å². The van der Waals surface area contributed by atoms with Crippen LogP contribution in [0.3, 0.4) is 0 Å². The van der Waals surface area contributed by atoms with Gasteiger partial charge < -0.3 is 15.5 Å². The van der Waals surface area contributed by atoms with Gasteiger partial charge in [0.1, 0.15) is 4.90 Å². The van der Waals surface area contributed by atoms with Crippen LogP contribution in [-0.2, 0) is 19.6 Å². The second kappa shape index (κ2) is 8.75. The van der Waals surface area contributed by atoms with Crippen LogP contribution >= 0.6 is 0 Å². The summed E-state index contributed by atoms with van der Waals surface area (Å²) in [5.41, 5.74) is 0.588. The molecule has 1 atom stereocenters. The van der Waals surface area contributed by atoms with Gasteiger partial charge in [-0.3, -0.25) is 9.59 Å². The van der Waals surface area contributed by atoms with Crippen LogP contribution in [0.1, 0.15) is 50.5 Å². The van der Waals surface area contributed by atoms with E-state index in [-0.39, 0.29) is 35.2 Å². The quantitative estimate of drug-likeness (QED) is 0.748. The number of benzene rings is 1. The number of rotatable bonds is 4. The van der Waals surface area contributed by atoms with E-state index in [1.54, 1.807) is 24.3 Å². The molecule has 0 radical (unpaired) electrons. The molecule has 4 rings (SSSR count). The normalized spacial score (nSPS) is 23.4. The van der Waals surface area contributed by atoms with Crippen LogP contribution < -0.4 is 10.6 Å². The molecule has 1 saturated heterocycles. The molecule has 3 aliphatic rings.